The van der Waals surface area contributed by atoms with Gasteiger partial charge in [-0.2, -0.15) is 0 Å². The fraction of sp³-hybridized carbons (Fsp3) is 0.250. The van der Waals surface area contributed by atoms with Gasteiger partial charge in [-0.25, -0.2) is 0 Å². The van der Waals surface area contributed by atoms with Crippen LogP contribution in [0, 0.1) is 24.3 Å². The third kappa shape index (κ3) is 1.09. The van der Waals surface area contributed by atoms with Crippen LogP contribution < -0.4 is 0 Å². The molecule has 0 heterocycles. The Morgan fingerprint density at radius 1 is 1.50 bits per heavy atom. The Kier molecular flexibility index (Phi) is 1.68. The minimum absolute atomic E-state index is 1.00. The molecule has 0 amide bonds. The Bertz CT molecular complexity index is 141. The summed E-state index contributed by atoms with van der Waals surface area (Å²) in [5.74, 6) is 0. The summed E-state index contributed by atoms with van der Waals surface area (Å²) in [6.45, 7) is 2.08. The van der Waals surface area contributed by atoms with Crippen molar-refractivity contribution in [2.45, 2.75) is 13.3 Å². The second kappa shape index (κ2) is 2.51. The number of rotatable bonds is 1. The van der Waals surface area contributed by atoms with E-state index in [0.717, 1.165) is 12.0 Å². The number of hydrogen-bond donors (Lipinski definition) is 0. The van der Waals surface area contributed by atoms with Gasteiger partial charge in [-0.1, -0.05) is 6.92 Å². The van der Waals surface area contributed by atoms with Crippen molar-refractivity contribution < 1.29 is 0 Å². The van der Waals surface area contributed by atoms with E-state index in [2.05, 4.69) is 31.2 Å². The summed E-state index contributed by atoms with van der Waals surface area (Å²) in [4.78, 5) is 0. The van der Waals surface area contributed by atoms with Gasteiger partial charge in [0.1, 0.15) is 0 Å². The fourth-order valence-electron chi connectivity index (χ4n) is 0.497. The predicted octanol–water partition coefficient (Wildman–Crippen LogP) is 1.45. The number of hydrogen-bond acceptors (Lipinski definition) is 0. The molecule has 1 rings (SSSR count). The average molecular weight is 102 g/mol. The second-order valence-corrected chi connectivity index (χ2v) is 1.54. The molecule has 1 aromatic carbocycles. The second-order valence-electron chi connectivity index (χ2n) is 1.54. The maximum atomic E-state index is 2.91. The van der Waals surface area contributed by atoms with Crippen LogP contribution in [0.1, 0.15) is 12.5 Å². The largest absolute Gasteiger partial charge is 0.0613 e. The van der Waals surface area contributed by atoms with Gasteiger partial charge in [-0.05, 0) is 42.3 Å². The minimum atomic E-state index is 1.00. The van der Waals surface area contributed by atoms with E-state index in [0.29, 0.717) is 0 Å². The molecule has 0 saturated carbocycles. The van der Waals surface area contributed by atoms with Crippen LogP contribution in [0.25, 0.3) is 0 Å². The lowest BCUT2D eigenvalue weighted by Gasteiger charge is -1.87. The molecule has 0 aliphatic rings. The lowest BCUT2D eigenvalue weighted by Crippen LogP contribution is -1.76. The first-order valence-electron chi connectivity index (χ1n) is 2.64. The van der Waals surface area contributed by atoms with Crippen molar-refractivity contribution in [2.75, 3.05) is 0 Å². The van der Waals surface area contributed by atoms with Crippen molar-refractivity contribution in [1.82, 2.24) is 0 Å². The van der Waals surface area contributed by atoms with Crippen molar-refractivity contribution >= 4 is 0 Å². The first kappa shape index (κ1) is 5.36. The quantitative estimate of drug-likeness (QED) is 0.503. The Balaban J connectivity index is 2.83. The molecule has 0 atom stereocenters. The molecule has 0 unspecified atom stereocenters. The van der Waals surface area contributed by atoms with Crippen molar-refractivity contribution in [3.8, 4) is 0 Å². The van der Waals surface area contributed by atoms with E-state index in [9.17, 15) is 0 Å². The normalized spacial score (nSPS) is 9.12. The van der Waals surface area contributed by atoms with E-state index >= 15 is 0 Å². The molecule has 0 nitrogen and oxygen atoms in total. The third-order valence-corrected chi connectivity index (χ3v) is 0.985. The van der Waals surface area contributed by atoms with Gasteiger partial charge in [-0.15, -0.1) is 0 Å². The van der Waals surface area contributed by atoms with Gasteiger partial charge < -0.3 is 0 Å². The Morgan fingerprint density at radius 2 is 2.38 bits per heavy atom. The van der Waals surface area contributed by atoms with E-state index in [-0.39, 0.29) is 0 Å². The van der Waals surface area contributed by atoms with Crippen LogP contribution in [0.2, 0.25) is 0 Å². The SMILES string of the molecule is CCc1[c][c][c][c]c1. The topological polar surface area (TPSA) is 0 Å². The first-order valence-corrected chi connectivity index (χ1v) is 2.64. The van der Waals surface area contributed by atoms with Crippen molar-refractivity contribution in [1.29, 1.82) is 0 Å². The van der Waals surface area contributed by atoms with E-state index in [4.69, 9.17) is 0 Å². The highest BCUT2D eigenvalue weighted by molar-refractivity contribution is 5.09. The maximum absolute atomic E-state index is 2.91. The zero-order valence-electron chi connectivity index (χ0n) is 4.78. The van der Waals surface area contributed by atoms with Crippen LogP contribution in [-0.4, -0.2) is 0 Å². The molecule has 0 spiro atoms. The summed E-state index contributed by atoms with van der Waals surface area (Å²) in [6.07, 6.45) is 1.00. The zero-order valence-corrected chi connectivity index (χ0v) is 4.78. The lowest BCUT2D eigenvalue weighted by molar-refractivity contribution is 1.13. The predicted molar refractivity (Wildman–Crippen MR) is 31.2 cm³/mol. The fourth-order valence-corrected chi connectivity index (χ4v) is 0.497. The average Bonchev–Trinajstić information content (AvgIpc) is 1.90. The van der Waals surface area contributed by atoms with E-state index < -0.39 is 0 Å². The van der Waals surface area contributed by atoms with Crippen LogP contribution in [0.15, 0.2) is 6.07 Å². The third-order valence-electron chi connectivity index (χ3n) is 0.985. The summed E-state index contributed by atoms with van der Waals surface area (Å²) in [7, 11) is 0. The van der Waals surface area contributed by atoms with Crippen LogP contribution in [0.5, 0.6) is 0 Å². The van der Waals surface area contributed by atoms with Gasteiger partial charge in [0.25, 0.3) is 0 Å². The molecule has 0 aliphatic heterocycles. The van der Waals surface area contributed by atoms with Gasteiger partial charge in [0, 0.05) is 0 Å². The molecule has 0 fully saturated rings. The number of benzene rings is 1. The molecule has 0 N–H and O–H groups in total. The van der Waals surface area contributed by atoms with Crippen molar-refractivity contribution in [3.05, 3.63) is 35.9 Å². The maximum Gasteiger partial charge on any atom is -0.000419 e. The molecule has 1 aromatic rings. The van der Waals surface area contributed by atoms with Crippen LogP contribution in [0.3, 0.4) is 0 Å². The lowest BCUT2D eigenvalue weighted by atomic mass is 10.2. The molecule has 0 aliphatic carbocycles. The molecule has 4 radical (unpaired) electrons. The molecule has 0 aromatic heterocycles. The molecule has 0 bridgehead atoms. The molecule has 8 heavy (non-hydrogen) atoms. The first-order chi connectivity index (χ1) is 3.93. The zero-order chi connectivity index (χ0) is 5.82. The summed E-state index contributed by atoms with van der Waals surface area (Å²) in [5, 5.41) is 0. The van der Waals surface area contributed by atoms with Crippen molar-refractivity contribution in [2.24, 2.45) is 0 Å². The summed E-state index contributed by atoms with van der Waals surface area (Å²) in [6, 6.07) is 12.9. The summed E-state index contributed by atoms with van der Waals surface area (Å²) in [5.41, 5.74) is 1.14. The van der Waals surface area contributed by atoms with Crippen molar-refractivity contribution in [3.63, 3.8) is 0 Å². The molecule has 0 heteroatoms. The highest BCUT2D eigenvalue weighted by Crippen LogP contribution is 1.94. The number of aryl methyl sites for hydroxylation is 1. The standard InChI is InChI=1S/C8H6/c1-2-8-6-4-3-5-7-8/h6H,2H2,1H3. The van der Waals surface area contributed by atoms with Crippen LogP contribution in [-0.2, 0) is 6.42 Å². The summed E-state index contributed by atoms with van der Waals surface area (Å²) >= 11 is 0. The van der Waals surface area contributed by atoms with Gasteiger partial charge in [0.2, 0.25) is 0 Å². The van der Waals surface area contributed by atoms with Gasteiger partial charge in [0.15, 0.2) is 0 Å². The highest BCUT2D eigenvalue weighted by Gasteiger charge is 1.82. The molecular formula is C8H6. The van der Waals surface area contributed by atoms with Crippen LogP contribution in [0.4, 0.5) is 0 Å². The Labute approximate surface area is 50.2 Å². The Morgan fingerprint density at radius 3 is 2.75 bits per heavy atom. The van der Waals surface area contributed by atoms with E-state index in [1.54, 1.807) is 0 Å². The molecule has 38 valence electrons. The minimum Gasteiger partial charge on any atom is -0.0613 e. The van der Waals surface area contributed by atoms with Gasteiger partial charge in [-0.3, -0.25) is 0 Å². The van der Waals surface area contributed by atoms with E-state index in [1.165, 1.54) is 0 Å². The smallest absolute Gasteiger partial charge is 0.000419 e. The summed E-state index contributed by atoms with van der Waals surface area (Å²) < 4.78 is 0. The monoisotopic (exact) mass is 102 g/mol. The van der Waals surface area contributed by atoms with Gasteiger partial charge >= 0.3 is 0 Å². The Hall–Kier alpha value is -0.780. The van der Waals surface area contributed by atoms with Crippen LogP contribution >= 0.6 is 0 Å². The molecule has 0 saturated heterocycles. The van der Waals surface area contributed by atoms with Gasteiger partial charge in [0.05, 0.1) is 0 Å². The highest BCUT2D eigenvalue weighted by atomic mass is 13.9. The van der Waals surface area contributed by atoms with E-state index in [1.807, 2.05) is 6.07 Å². The molecular weight excluding hydrogens is 96.1 g/mol.